The number of rotatable bonds is 8. The minimum absolute atomic E-state index is 0.389. The van der Waals surface area contributed by atoms with Crippen LogP contribution in [0.2, 0.25) is 0 Å². The average Bonchev–Trinajstić information content (AvgIpc) is 3.41. The van der Waals surface area contributed by atoms with Gasteiger partial charge in [-0.25, -0.2) is 9.59 Å². The number of hydrogen-bond acceptors (Lipinski definition) is 6. The lowest BCUT2D eigenvalue weighted by Crippen LogP contribution is -2.45. The number of anilines is 2. The fourth-order valence-electron chi connectivity index (χ4n) is 5.07. The van der Waals surface area contributed by atoms with Crippen LogP contribution in [0.3, 0.4) is 0 Å². The normalized spacial score (nSPS) is 17.6. The first-order chi connectivity index (χ1) is 18.4. The van der Waals surface area contributed by atoms with Crippen molar-refractivity contribution in [3.8, 4) is 0 Å². The summed E-state index contributed by atoms with van der Waals surface area (Å²) in [7, 11) is 0. The van der Waals surface area contributed by atoms with Gasteiger partial charge in [0.15, 0.2) is 0 Å². The molecule has 2 heterocycles. The number of thiocarbonyl (C=S) groups is 1. The molecule has 2 aromatic rings. The maximum Gasteiger partial charge on any atom is 0.328 e. The summed E-state index contributed by atoms with van der Waals surface area (Å²) < 4.78 is 0. The topological polar surface area (TPSA) is 93.1 Å². The van der Waals surface area contributed by atoms with Gasteiger partial charge in [-0.15, -0.1) is 0 Å². The first-order valence-corrected chi connectivity index (χ1v) is 14.5. The van der Waals surface area contributed by atoms with E-state index in [0.717, 1.165) is 29.4 Å². The number of nitrogens with one attached hydrogen (secondary N) is 1. The molecular weight excluding hydrogens is 518 g/mol. The molecular formula is C29H35N3O4S2. The lowest BCUT2D eigenvalue weighted by atomic mass is 9.85. The van der Waals surface area contributed by atoms with E-state index in [9.17, 15) is 9.59 Å². The van der Waals surface area contributed by atoms with E-state index in [4.69, 9.17) is 22.4 Å². The van der Waals surface area contributed by atoms with E-state index < -0.39 is 11.9 Å². The van der Waals surface area contributed by atoms with Crippen LogP contribution in [0.1, 0.15) is 51.0 Å². The summed E-state index contributed by atoms with van der Waals surface area (Å²) in [6.45, 7) is 5.73. The minimum atomic E-state index is -1.26. The number of para-hydroxylation sites is 1. The fraction of sp³-hybridized carbons (Fsp3) is 0.414. The van der Waals surface area contributed by atoms with Gasteiger partial charge in [-0.3, -0.25) is 4.90 Å². The molecule has 0 bridgehead atoms. The number of fused-ring (bicyclic) bond motifs is 2. The molecule has 0 aromatic heterocycles. The molecule has 0 amide bonds. The average molecular weight is 554 g/mol. The third-order valence-corrected chi connectivity index (χ3v) is 8.71. The van der Waals surface area contributed by atoms with E-state index in [1.54, 1.807) is 0 Å². The quantitative estimate of drug-likeness (QED) is 0.273. The number of carboxylic acids is 2. The van der Waals surface area contributed by atoms with E-state index in [2.05, 4.69) is 64.5 Å². The van der Waals surface area contributed by atoms with Gasteiger partial charge in [-0.05, 0) is 62.3 Å². The molecule has 1 saturated carbocycles. The Kier molecular flexibility index (Phi) is 9.82. The monoisotopic (exact) mass is 553 g/mol. The molecule has 38 heavy (non-hydrogen) atoms. The van der Waals surface area contributed by atoms with E-state index in [1.165, 1.54) is 66.4 Å². The number of nitrogens with zero attached hydrogens (tertiary/aromatic N) is 2. The zero-order valence-electron chi connectivity index (χ0n) is 21.6. The highest BCUT2D eigenvalue weighted by Crippen LogP contribution is 2.50. The zero-order valence-corrected chi connectivity index (χ0v) is 23.3. The van der Waals surface area contributed by atoms with Crippen LogP contribution >= 0.6 is 24.0 Å². The van der Waals surface area contributed by atoms with Crippen molar-refractivity contribution in [3.05, 3.63) is 60.2 Å². The Labute approximate surface area is 233 Å². The molecule has 202 valence electrons. The Bertz CT molecular complexity index is 1180. The predicted molar refractivity (Wildman–Crippen MR) is 155 cm³/mol. The number of hydrogen-bond donors (Lipinski definition) is 3. The van der Waals surface area contributed by atoms with Gasteiger partial charge in [-0.2, -0.15) is 0 Å². The third kappa shape index (κ3) is 6.95. The van der Waals surface area contributed by atoms with E-state index >= 15 is 0 Å². The predicted octanol–water partition coefficient (Wildman–Crippen LogP) is 5.90. The van der Waals surface area contributed by atoms with Crippen LogP contribution in [-0.4, -0.2) is 57.8 Å². The Morgan fingerprint density at radius 2 is 1.68 bits per heavy atom. The molecule has 9 heteroatoms. The van der Waals surface area contributed by atoms with Crippen molar-refractivity contribution in [3.63, 3.8) is 0 Å². The summed E-state index contributed by atoms with van der Waals surface area (Å²) in [5.74, 6) is -1.71. The van der Waals surface area contributed by atoms with Crippen molar-refractivity contribution in [2.24, 2.45) is 5.92 Å². The smallest absolute Gasteiger partial charge is 0.328 e. The minimum Gasteiger partial charge on any atom is -0.478 e. The molecule has 1 aliphatic carbocycles. The van der Waals surface area contributed by atoms with Crippen molar-refractivity contribution in [2.75, 3.05) is 24.5 Å². The van der Waals surface area contributed by atoms with Crippen molar-refractivity contribution in [1.29, 1.82) is 0 Å². The summed E-state index contributed by atoms with van der Waals surface area (Å²) in [6, 6.07) is 15.7. The summed E-state index contributed by atoms with van der Waals surface area (Å²) in [5, 5.41) is 19.2. The highest BCUT2D eigenvalue weighted by molar-refractivity contribution is 7.99. The number of aliphatic carboxylic acids is 2. The Morgan fingerprint density at radius 3 is 2.29 bits per heavy atom. The van der Waals surface area contributed by atoms with Crippen LogP contribution in [-0.2, 0) is 9.59 Å². The lowest BCUT2D eigenvalue weighted by Gasteiger charge is -2.42. The van der Waals surface area contributed by atoms with Gasteiger partial charge in [0.2, 0.25) is 0 Å². The second-order valence-electron chi connectivity index (χ2n) is 9.77. The van der Waals surface area contributed by atoms with E-state index in [1.807, 2.05) is 11.8 Å². The molecule has 2 fully saturated rings. The van der Waals surface area contributed by atoms with Crippen LogP contribution in [0.15, 0.2) is 64.4 Å². The number of benzene rings is 2. The van der Waals surface area contributed by atoms with Gasteiger partial charge in [-0.1, -0.05) is 55.5 Å². The van der Waals surface area contributed by atoms with Gasteiger partial charge >= 0.3 is 11.9 Å². The fourth-order valence-corrected chi connectivity index (χ4v) is 6.33. The molecule has 0 spiro atoms. The summed E-state index contributed by atoms with van der Waals surface area (Å²) >= 11 is 7.67. The molecule has 2 aromatic carbocycles. The number of likely N-dealkylation sites (tertiary alicyclic amines) is 1. The molecule has 3 aliphatic rings. The Morgan fingerprint density at radius 1 is 1.03 bits per heavy atom. The largest absolute Gasteiger partial charge is 0.478 e. The number of carboxylic acid groups (broad SMARTS) is 2. The first-order valence-electron chi connectivity index (χ1n) is 13.2. The number of carbonyl (C=O) groups is 2. The molecule has 1 atom stereocenters. The summed E-state index contributed by atoms with van der Waals surface area (Å²) in [6.07, 6.45) is 9.28. The van der Waals surface area contributed by atoms with E-state index in [-0.39, 0.29) is 0 Å². The van der Waals surface area contributed by atoms with Crippen molar-refractivity contribution in [2.45, 2.75) is 61.4 Å². The standard InChI is InChI=1S/C25H31N3S2.C4H4O4/c1-2-24(27-14-5-6-15-27)28-20-10-3-4-11-22(20)30-23-13-12-19(16-21(23)28)25(29)26-17-18-8-7-9-18;5-3(6)1-2-4(7)8/h3-4,10-13,16,18,24H,2,5-9,14-15,17H2,1H3,(H,26,29);1-2H,(H,5,6)(H,7,8). The molecule has 1 saturated heterocycles. The first kappa shape index (κ1) is 28.1. The van der Waals surface area contributed by atoms with Gasteiger partial charge in [0.1, 0.15) is 4.99 Å². The maximum absolute atomic E-state index is 9.55. The molecule has 2 aliphatic heterocycles. The third-order valence-electron chi connectivity index (χ3n) is 7.20. The maximum atomic E-state index is 9.55. The van der Waals surface area contributed by atoms with E-state index in [0.29, 0.717) is 18.3 Å². The molecule has 0 radical (unpaired) electrons. The summed E-state index contributed by atoms with van der Waals surface area (Å²) in [4.78, 5) is 27.9. The van der Waals surface area contributed by atoms with Crippen LogP contribution in [0.25, 0.3) is 0 Å². The Hall–Kier alpha value is -2.88. The summed E-state index contributed by atoms with van der Waals surface area (Å²) in [5.41, 5.74) is 3.78. The van der Waals surface area contributed by atoms with Gasteiger partial charge in [0.05, 0.1) is 17.5 Å². The highest BCUT2D eigenvalue weighted by atomic mass is 32.2. The lowest BCUT2D eigenvalue weighted by molar-refractivity contribution is -0.134. The van der Waals surface area contributed by atoms with Crippen LogP contribution in [0, 0.1) is 5.92 Å². The van der Waals surface area contributed by atoms with Gasteiger partial charge in [0, 0.05) is 47.1 Å². The SMILES string of the molecule is CCC(N1CCCC1)N1c2ccccc2Sc2ccc(C(=S)NCC3CCC3)cc21.O=C(O)C=CC(=O)O. The zero-order chi connectivity index (χ0) is 27.1. The van der Waals surface area contributed by atoms with Gasteiger partial charge in [0.25, 0.3) is 0 Å². The van der Waals surface area contributed by atoms with Gasteiger partial charge < -0.3 is 20.4 Å². The second kappa shape index (κ2) is 13.3. The van der Waals surface area contributed by atoms with Crippen molar-refractivity contribution in [1.82, 2.24) is 10.2 Å². The molecule has 7 nitrogen and oxygen atoms in total. The van der Waals surface area contributed by atoms with Crippen molar-refractivity contribution < 1.29 is 19.8 Å². The highest BCUT2D eigenvalue weighted by Gasteiger charge is 2.33. The molecule has 3 N–H and O–H groups in total. The second-order valence-corrected chi connectivity index (χ2v) is 11.3. The van der Waals surface area contributed by atoms with Crippen molar-refractivity contribution >= 4 is 52.3 Å². The molecule has 1 unspecified atom stereocenters. The Balaban J connectivity index is 0.000000368. The molecule has 5 rings (SSSR count). The van der Waals surface area contributed by atoms with Crippen LogP contribution in [0.5, 0.6) is 0 Å². The van der Waals surface area contributed by atoms with Crippen LogP contribution < -0.4 is 10.2 Å². The van der Waals surface area contributed by atoms with Crippen LogP contribution in [0.4, 0.5) is 11.4 Å².